The summed E-state index contributed by atoms with van der Waals surface area (Å²) in [5.74, 6) is -0.878. The van der Waals surface area contributed by atoms with Gasteiger partial charge in [-0.2, -0.15) is 5.10 Å². The molecule has 0 fully saturated rings. The van der Waals surface area contributed by atoms with Crippen LogP contribution in [0.2, 0.25) is 0 Å². The number of rotatable bonds is 2. The molecular weight excluding hydrogens is 170 g/mol. The summed E-state index contributed by atoms with van der Waals surface area (Å²) in [5, 5.41) is 12.5. The first-order valence-electron chi connectivity index (χ1n) is 3.77. The zero-order valence-electron chi connectivity index (χ0n) is 6.71. The number of fused-ring (bicyclic) bond motifs is 1. The summed E-state index contributed by atoms with van der Waals surface area (Å²) in [7, 11) is 0. The quantitative estimate of drug-likeness (QED) is 0.719. The standard InChI is InChI=1S/C8H7N3O2/c12-8(13)5-6-2-4-11-7(10-6)1-3-9-11/h1-4H,5H2,(H,12,13). The van der Waals surface area contributed by atoms with E-state index in [4.69, 9.17) is 5.11 Å². The Kier molecular flexibility index (Phi) is 1.70. The molecule has 2 heterocycles. The number of carboxylic acid groups (broad SMARTS) is 1. The summed E-state index contributed by atoms with van der Waals surface area (Å²) in [6.45, 7) is 0. The van der Waals surface area contributed by atoms with Crippen molar-refractivity contribution in [2.24, 2.45) is 0 Å². The molecule has 0 atom stereocenters. The molecule has 5 heteroatoms. The zero-order valence-corrected chi connectivity index (χ0v) is 6.71. The highest BCUT2D eigenvalue weighted by Crippen LogP contribution is 2.01. The van der Waals surface area contributed by atoms with Crippen molar-refractivity contribution in [2.45, 2.75) is 6.42 Å². The second-order valence-corrected chi connectivity index (χ2v) is 2.62. The van der Waals surface area contributed by atoms with Crippen molar-refractivity contribution in [3.8, 4) is 0 Å². The minimum atomic E-state index is -0.878. The van der Waals surface area contributed by atoms with Gasteiger partial charge in [0.05, 0.1) is 18.3 Å². The van der Waals surface area contributed by atoms with Crippen molar-refractivity contribution >= 4 is 11.6 Å². The number of aromatic nitrogens is 3. The summed E-state index contributed by atoms with van der Waals surface area (Å²) in [4.78, 5) is 14.5. The maximum atomic E-state index is 10.4. The molecule has 0 radical (unpaired) electrons. The molecule has 5 nitrogen and oxygen atoms in total. The second kappa shape index (κ2) is 2.85. The molecule has 2 aromatic rings. The summed E-state index contributed by atoms with van der Waals surface area (Å²) in [6.07, 6.45) is 3.26. The molecule has 0 aliphatic heterocycles. The Bertz CT molecular complexity index is 449. The topological polar surface area (TPSA) is 67.5 Å². The highest BCUT2D eigenvalue weighted by molar-refractivity contribution is 5.69. The maximum absolute atomic E-state index is 10.4. The van der Waals surface area contributed by atoms with Crippen LogP contribution < -0.4 is 0 Å². The van der Waals surface area contributed by atoms with Crippen LogP contribution in [0.4, 0.5) is 0 Å². The third kappa shape index (κ3) is 1.48. The molecule has 0 aliphatic rings. The fourth-order valence-corrected chi connectivity index (χ4v) is 1.11. The minimum Gasteiger partial charge on any atom is -0.481 e. The molecule has 0 saturated carbocycles. The van der Waals surface area contributed by atoms with Gasteiger partial charge in [-0.3, -0.25) is 4.79 Å². The van der Waals surface area contributed by atoms with Gasteiger partial charge in [-0.15, -0.1) is 0 Å². The average Bonchev–Trinajstić information content (AvgIpc) is 2.49. The van der Waals surface area contributed by atoms with E-state index in [0.717, 1.165) is 0 Å². The van der Waals surface area contributed by atoms with Crippen LogP contribution >= 0.6 is 0 Å². The van der Waals surface area contributed by atoms with Crippen molar-refractivity contribution in [3.63, 3.8) is 0 Å². The SMILES string of the molecule is O=C(O)Cc1ccn2nccc2n1. The molecule has 66 valence electrons. The highest BCUT2D eigenvalue weighted by Gasteiger charge is 2.02. The third-order valence-electron chi connectivity index (χ3n) is 1.65. The molecule has 1 N–H and O–H groups in total. The average molecular weight is 177 g/mol. The first-order chi connectivity index (χ1) is 6.25. The Labute approximate surface area is 73.6 Å². The van der Waals surface area contributed by atoms with E-state index < -0.39 is 5.97 Å². The van der Waals surface area contributed by atoms with Crippen molar-refractivity contribution in [1.82, 2.24) is 14.6 Å². The summed E-state index contributed by atoms with van der Waals surface area (Å²) in [6, 6.07) is 3.37. The summed E-state index contributed by atoms with van der Waals surface area (Å²) >= 11 is 0. The van der Waals surface area contributed by atoms with Crippen molar-refractivity contribution in [1.29, 1.82) is 0 Å². The van der Waals surface area contributed by atoms with Crippen LogP contribution in [0, 0.1) is 0 Å². The first kappa shape index (κ1) is 7.72. The van der Waals surface area contributed by atoms with E-state index in [0.29, 0.717) is 11.3 Å². The van der Waals surface area contributed by atoms with Gasteiger partial charge in [-0.25, -0.2) is 9.50 Å². The molecule has 0 aliphatic carbocycles. The van der Waals surface area contributed by atoms with Gasteiger partial charge < -0.3 is 5.11 Å². The Morgan fingerprint density at radius 3 is 3.15 bits per heavy atom. The zero-order chi connectivity index (χ0) is 9.26. The molecule has 0 amide bonds. The lowest BCUT2D eigenvalue weighted by atomic mass is 10.3. The first-order valence-corrected chi connectivity index (χ1v) is 3.77. The number of aliphatic carboxylic acids is 1. The fraction of sp³-hybridized carbons (Fsp3) is 0.125. The van der Waals surface area contributed by atoms with E-state index in [9.17, 15) is 4.79 Å². The molecule has 0 saturated heterocycles. The molecule has 0 unspecified atom stereocenters. The van der Waals surface area contributed by atoms with Crippen LogP contribution in [0.3, 0.4) is 0 Å². The van der Waals surface area contributed by atoms with Crippen LogP contribution in [0.1, 0.15) is 5.69 Å². The van der Waals surface area contributed by atoms with Gasteiger partial charge in [0, 0.05) is 12.3 Å². The Morgan fingerprint density at radius 1 is 1.54 bits per heavy atom. The van der Waals surface area contributed by atoms with E-state index in [2.05, 4.69) is 10.1 Å². The van der Waals surface area contributed by atoms with Crippen LogP contribution in [0.25, 0.3) is 5.65 Å². The van der Waals surface area contributed by atoms with Gasteiger partial charge in [0.2, 0.25) is 0 Å². The molecule has 2 rings (SSSR count). The van der Waals surface area contributed by atoms with Gasteiger partial charge in [0.1, 0.15) is 0 Å². The summed E-state index contributed by atoms with van der Waals surface area (Å²) in [5.41, 5.74) is 1.21. The van der Waals surface area contributed by atoms with Crippen LogP contribution in [0.15, 0.2) is 24.5 Å². The van der Waals surface area contributed by atoms with Gasteiger partial charge in [0.25, 0.3) is 0 Å². The van der Waals surface area contributed by atoms with Crippen molar-refractivity contribution in [2.75, 3.05) is 0 Å². The normalized spacial score (nSPS) is 10.5. The minimum absolute atomic E-state index is 0.0539. The van der Waals surface area contributed by atoms with Crippen molar-refractivity contribution in [3.05, 3.63) is 30.2 Å². The predicted molar refractivity (Wildman–Crippen MR) is 44.3 cm³/mol. The van der Waals surface area contributed by atoms with Crippen LogP contribution in [-0.2, 0) is 11.2 Å². The fourth-order valence-electron chi connectivity index (χ4n) is 1.11. The molecule has 0 aromatic carbocycles. The summed E-state index contributed by atoms with van der Waals surface area (Å²) < 4.78 is 1.59. The molecule has 2 aromatic heterocycles. The highest BCUT2D eigenvalue weighted by atomic mass is 16.4. The number of hydrogen-bond acceptors (Lipinski definition) is 3. The maximum Gasteiger partial charge on any atom is 0.309 e. The molecule has 13 heavy (non-hydrogen) atoms. The van der Waals surface area contributed by atoms with Crippen LogP contribution in [0.5, 0.6) is 0 Å². The van der Waals surface area contributed by atoms with Crippen LogP contribution in [-0.4, -0.2) is 25.7 Å². The Morgan fingerprint density at radius 2 is 2.38 bits per heavy atom. The number of nitrogens with zero attached hydrogens (tertiary/aromatic N) is 3. The molecule has 0 spiro atoms. The van der Waals surface area contributed by atoms with Gasteiger partial charge >= 0.3 is 5.97 Å². The number of carboxylic acids is 1. The lowest BCUT2D eigenvalue weighted by Crippen LogP contribution is -2.03. The van der Waals surface area contributed by atoms with E-state index >= 15 is 0 Å². The molecular formula is C8H7N3O2. The number of carbonyl (C=O) groups is 1. The largest absolute Gasteiger partial charge is 0.481 e. The Balaban J connectivity index is 2.42. The van der Waals surface area contributed by atoms with Gasteiger partial charge in [-0.1, -0.05) is 0 Å². The van der Waals surface area contributed by atoms with E-state index in [1.807, 2.05) is 0 Å². The van der Waals surface area contributed by atoms with Crippen molar-refractivity contribution < 1.29 is 9.90 Å². The Hall–Kier alpha value is -1.91. The smallest absolute Gasteiger partial charge is 0.309 e. The lowest BCUT2D eigenvalue weighted by Gasteiger charge is -1.96. The van der Waals surface area contributed by atoms with Gasteiger partial charge in [-0.05, 0) is 6.07 Å². The monoisotopic (exact) mass is 177 g/mol. The van der Waals surface area contributed by atoms with E-state index in [-0.39, 0.29) is 6.42 Å². The van der Waals surface area contributed by atoms with E-state index in [1.165, 1.54) is 0 Å². The third-order valence-corrected chi connectivity index (χ3v) is 1.65. The predicted octanol–water partition coefficient (Wildman–Crippen LogP) is 0.356. The van der Waals surface area contributed by atoms with Gasteiger partial charge in [0.15, 0.2) is 5.65 Å². The van der Waals surface area contributed by atoms with E-state index in [1.54, 1.807) is 29.0 Å². The second-order valence-electron chi connectivity index (χ2n) is 2.62. The number of hydrogen-bond donors (Lipinski definition) is 1. The molecule has 0 bridgehead atoms. The lowest BCUT2D eigenvalue weighted by molar-refractivity contribution is -0.136.